The molecule has 3 unspecified atom stereocenters. The quantitative estimate of drug-likeness (QED) is 0.217. The van der Waals surface area contributed by atoms with Crippen LogP contribution in [0.15, 0.2) is 48.6 Å². The monoisotopic (exact) mass is 632 g/mol. The van der Waals surface area contributed by atoms with Gasteiger partial charge in [-0.25, -0.2) is 0 Å². The summed E-state index contributed by atoms with van der Waals surface area (Å²) < 4.78 is 23.2. The molecule has 6 rings (SSSR count). The number of aliphatic hydroxyl groups excluding tert-OH is 1. The van der Waals surface area contributed by atoms with E-state index in [1.54, 1.807) is 30.2 Å². The van der Waals surface area contributed by atoms with Crippen molar-refractivity contribution < 1.29 is 38.4 Å². The van der Waals surface area contributed by atoms with Crippen LogP contribution in [0.25, 0.3) is 0 Å². The van der Waals surface area contributed by atoms with Crippen molar-refractivity contribution in [1.82, 2.24) is 9.80 Å². The van der Waals surface area contributed by atoms with Crippen molar-refractivity contribution in [3.63, 3.8) is 0 Å². The van der Waals surface area contributed by atoms with E-state index in [0.29, 0.717) is 80.7 Å². The zero-order valence-electron chi connectivity index (χ0n) is 26.3. The Bertz CT molecular complexity index is 1570. The van der Waals surface area contributed by atoms with Crippen LogP contribution in [0.3, 0.4) is 0 Å². The summed E-state index contributed by atoms with van der Waals surface area (Å²) in [6.07, 6.45) is 2.79. The minimum atomic E-state index is -1.21. The number of hydrogen-bond acceptors (Lipinski definition) is 9. The van der Waals surface area contributed by atoms with Crippen LogP contribution in [-0.4, -0.2) is 98.5 Å². The largest absolute Gasteiger partial charge is 0.493 e. The molecule has 3 atom stereocenters. The molecule has 2 aromatic rings. The smallest absolute Gasteiger partial charge is 0.256 e. The minimum absolute atomic E-state index is 0.0344. The van der Waals surface area contributed by atoms with E-state index in [2.05, 4.69) is 18.5 Å². The minimum Gasteiger partial charge on any atom is -0.493 e. The highest BCUT2D eigenvalue weighted by Gasteiger charge is 2.44. The van der Waals surface area contributed by atoms with E-state index in [1.165, 1.54) is 12.0 Å². The highest BCUT2D eigenvalue weighted by Crippen LogP contribution is 2.41. The van der Waals surface area contributed by atoms with Gasteiger partial charge in [0.25, 0.3) is 11.8 Å². The molecule has 4 aliphatic heterocycles. The van der Waals surface area contributed by atoms with E-state index in [-0.39, 0.29) is 29.1 Å². The molecule has 2 N–H and O–H groups in total. The molecule has 3 amide bonds. The number of rotatable bonds is 11. The van der Waals surface area contributed by atoms with Crippen LogP contribution in [0.1, 0.15) is 52.8 Å². The molecule has 0 aromatic heterocycles. The standard InChI is InChI=1S/C34H40N4O8/c1-20-10-22-16-35-25-14-30(28(43-3)12-23(25)32(40)36(22)17-20)45-8-6-5-7-9-46-31-15-26-24(13-29(31)44-4)33(41)37-18-21(2)11-27(37)34(42)38(26)19-39/h12-15,19,22,27,34-35,42H,1-2,5-11,16-18H2,3-4H3. The summed E-state index contributed by atoms with van der Waals surface area (Å²) in [5.74, 6) is 1.47. The Hall–Kier alpha value is -4.71. The number of amides is 3. The third kappa shape index (κ3) is 5.73. The second-order valence-electron chi connectivity index (χ2n) is 12.1. The predicted octanol–water partition coefficient (Wildman–Crippen LogP) is 3.59. The number of nitrogens with zero attached hydrogens (tertiary/aromatic N) is 3. The highest BCUT2D eigenvalue weighted by molar-refractivity contribution is 6.04. The molecule has 46 heavy (non-hydrogen) atoms. The molecule has 0 spiro atoms. The lowest BCUT2D eigenvalue weighted by Gasteiger charge is -2.29. The fourth-order valence-electron chi connectivity index (χ4n) is 6.71. The summed E-state index contributed by atoms with van der Waals surface area (Å²) in [6.45, 7) is 10.4. The van der Waals surface area contributed by atoms with Crippen LogP contribution in [0.5, 0.6) is 23.0 Å². The second kappa shape index (κ2) is 13.0. The lowest BCUT2D eigenvalue weighted by atomic mass is 10.1. The van der Waals surface area contributed by atoms with Crippen molar-refractivity contribution in [2.24, 2.45) is 0 Å². The Labute approximate surface area is 268 Å². The van der Waals surface area contributed by atoms with Crippen LogP contribution in [-0.2, 0) is 4.79 Å². The van der Waals surface area contributed by atoms with Gasteiger partial charge >= 0.3 is 0 Å². The van der Waals surface area contributed by atoms with Crippen molar-refractivity contribution in [1.29, 1.82) is 0 Å². The van der Waals surface area contributed by atoms with E-state index in [1.807, 2.05) is 11.0 Å². The molecule has 0 radical (unpaired) electrons. The average Bonchev–Trinajstić information content (AvgIpc) is 3.59. The number of benzene rings is 2. The summed E-state index contributed by atoms with van der Waals surface area (Å²) in [6, 6.07) is 6.23. The van der Waals surface area contributed by atoms with Gasteiger partial charge in [0, 0.05) is 31.8 Å². The molecule has 0 aliphatic carbocycles. The van der Waals surface area contributed by atoms with Crippen molar-refractivity contribution in [2.45, 2.75) is 50.4 Å². The summed E-state index contributed by atoms with van der Waals surface area (Å²) in [4.78, 5) is 43.3. The fraction of sp³-hybridized carbons (Fsp3) is 0.441. The van der Waals surface area contributed by atoms with Gasteiger partial charge in [-0.15, -0.1) is 0 Å². The van der Waals surface area contributed by atoms with Crippen molar-refractivity contribution in [3.05, 3.63) is 59.7 Å². The Kier molecular flexibility index (Phi) is 8.81. The van der Waals surface area contributed by atoms with E-state index in [0.717, 1.165) is 36.1 Å². The Morgan fingerprint density at radius 2 is 1.46 bits per heavy atom. The van der Waals surface area contributed by atoms with Gasteiger partial charge in [-0.3, -0.25) is 19.3 Å². The number of aliphatic hydroxyl groups is 1. The van der Waals surface area contributed by atoms with Crippen LogP contribution < -0.4 is 29.2 Å². The fourth-order valence-corrected chi connectivity index (χ4v) is 6.71. The Morgan fingerprint density at radius 3 is 2.13 bits per heavy atom. The second-order valence-corrected chi connectivity index (χ2v) is 12.1. The zero-order chi connectivity index (χ0) is 32.5. The Morgan fingerprint density at radius 1 is 0.848 bits per heavy atom. The number of hydrogen-bond donors (Lipinski definition) is 2. The van der Waals surface area contributed by atoms with Gasteiger partial charge in [0.1, 0.15) is 0 Å². The number of carbonyl (C=O) groups excluding carboxylic acids is 3. The molecule has 244 valence electrons. The van der Waals surface area contributed by atoms with Gasteiger partial charge in [-0.1, -0.05) is 24.3 Å². The van der Waals surface area contributed by atoms with E-state index in [9.17, 15) is 19.5 Å². The van der Waals surface area contributed by atoms with Gasteiger partial charge in [-0.2, -0.15) is 0 Å². The SMILES string of the molecule is C=C1CC2CNc3cc(OCCCCCOc4cc5c(cc4OC)C(=O)N4CC(=C)CC4C(O)N5C=O)c(OC)cc3C(=O)N2C1. The van der Waals surface area contributed by atoms with E-state index < -0.39 is 12.3 Å². The zero-order valence-corrected chi connectivity index (χ0v) is 26.3. The van der Waals surface area contributed by atoms with Crippen LogP contribution >= 0.6 is 0 Å². The number of nitrogens with one attached hydrogen (secondary N) is 1. The maximum atomic E-state index is 13.4. The van der Waals surface area contributed by atoms with Gasteiger partial charge in [-0.05, 0) is 44.2 Å². The summed E-state index contributed by atoms with van der Waals surface area (Å²) in [7, 11) is 3.05. The summed E-state index contributed by atoms with van der Waals surface area (Å²) in [5, 5.41) is 14.4. The van der Waals surface area contributed by atoms with Crippen LogP contribution in [0, 0.1) is 0 Å². The van der Waals surface area contributed by atoms with E-state index in [4.69, 9.17) is 18.9 Å². The molecular formula is C34H40N4O8. The van der Waals surface area contributed by atoms with Gasteiger partial charge in [0.15, 0.2) is 29.2 Å². The molecule has 12 nitrogen and oxygen atoms in total. The van der Waals surface area contributed by atoms with Gasteiger partial charge in [0.05, 0.1) is 62.0 Å². The predicted molar refractivity (Wildman–Crippen MR) is 171 cm³/mol. The molecule has 2 saturated heterocycles. The van der Waals surface area contributed by atoms with Crippen LogP contribution in [0.2, 0.25) is 0 Å². The highest BCUT2D eigenvalue weighted by atomic mass is 16.5. The molecule has 12 heteroatoms. The van der Waals surface area contributed by atoms with Gasteiger partial charge in [0.2, 0.25) is 6.41 Å². The maximum Gasteiger partial charge on any atom is 0.256 e. The number of carbonyl (C=O) groups is 3. The number of fused-ring (bicyclic) bond motifs is 4. The maximum absolute atomic E-state index is 13.4. The van der Waals surface area contributed by atoms with Crippen molar-refractivity contribution >= 4 is 29.6 Å². The lowest BCUT2D eigenvalue weighted by Crippen LogP contribution is -2.48. The average molecular weight is 633 g/mol. The van der Waals surface area contributed by atoms with Crippen molar-refractivity contribution in [2.75, 3.05) is 57.3 Å². The number of anilines is 2. The molecule has 2 fully saturated rings. The Balaban J connectivity index is 1.05. The third-order valence-electron chi connectivity index (χ3n) is 9.07. The first-order chi connectivity index (χ1) is 22.2. The molecule has 4 aliphatic rings. The lowest BCUT2D eigenvalue weighted by molar-refractivity contribution is -0.109. The summed E-state index contributed by atoms with van der Waals surface area (Å²) >= 11 is 0. The molecule has 2 aromatic carbocycles. The molecule has 4 heterocycles. The first kappa shape index (κ1) is 31.3. The van der Waals surface area contributed by atoms with Crippen LogP contribution in [0.4, 0.5) is 11.4 Å². The van der Waals surface area contributed by atoms with E-state index >= 15 is 0 Å². The third-order valence-corrected chi connectivity index (χ3v) is 9.07. The number of methoxy groups -OCH3 is 2. The topological polar surface area (TPSA) is 130 Å². The number of unbranched alkanes of at least 4 members (excludes halogenated alkanes) is 2. The molecular weight excluding hydrogens is 592 g/mol. The first-order valence-corrected chi connectivity index (χ1v) is 15.5. The first-order valence-electron chi connectivity index (χ1n) is 15.5. The molecule has 0 saturated carbocycles. The normalized spacial score (nSPS) is 21.9. The summed E-state index contributed by atoms with van der Waals surface area (Å²) in [5.41, 5.74) is 3.70. The molecule has 0 bridgehead atoms. The van der Waals surface area contributed by atoms with Gasteiger partial charge < -0.3 is 39.2 Å². The number of ether oxygens (including phenoxy) is 4. The van der Waals surface area contributed by atoms with Crippen molar-refractivity contribution in [3.8, 4) is 23.0 Å².